The second kappa shape index (κ2) is 4.68. The standard InChI is InChI=1S/C11H14O4/c1-7-10(13-3)5-9(15-8(2)12)6-11(7)14-4/h5-6H,1-4H3. The summed E-state index contributed by atoms with van der Waals surface area (Å²) in [5.41, 5.74) is 0.871. The van der Waals surface area contributed by atoms with E-state index in [1.165, 1.54) is 6.92 Å². The van der Waals surface area contributed by atoms with Crippen LogP contribution in [0.25, 0.3) is 0 Å². The zero-order valence-electron chi connectivity index (χ0n) is 9.29. The summed E-state index contributed by atoms with van der Waals surface area (Å²) in [5.74, 6) is 1.31. The lowest BCUT2D eigenvalue weighted by atomic mass is 10.2. The molecule has 1 aromatic rings. The first-order valence-electron chi connectivity index (χ1n) is 4.49. The van der Waals surface area contributed by atoms with Gasteiger partial charge in [-0.1, -0.05) is 0 Å². The maximum Gasteiger partial charge on any atom is 0.308 e. The molecule has 0 radical (unpaired) electrons. The number of esters is 1. The first kappa shape index (κ1) is 11.4. The summed E-state index contributed by atoms with van der Waals surface area (Å²) < 4.78 is 15.2. The van der Waals surface area contributed by atoms with Crippen LogP contribution >= 0.6 is 0 Å². The van der Waals surface area contributed by atoms with Crippen molar-refractivity contribution in [3.8, 4) is 17.2 Å². The van der Waals surface area contributed by atoms with Gasteiger partial charge in [0.15, 0.2) is 0 Å². The number of rotatable bonds is 3. The van der Waals surface area contributed by atoms with Crippen LogP contribution in [0.1, 0.15) is 12.5 Å². The molecule has 0 aliphatic heterocycles. The lowest BCUT2D eigenvalue weighted by Gasteiger charge is -2.11. The molecule has 0 spiro atoms. The molecule has 1 rings (SSSR count). The topological polar surface area (TPSA) is 44.8 Å². The van der Waals surface area contributed by atoms with E-state index in [1.54, 1.807) is 26.4 Å². The van der Waals surface area contributed by atoms with E-state index in [0.29, 0.717) is 17.2 Å². The van der Waals surface area contributed by atoms with Crippen LogP contribution in [0.2, 0.25) is 0 Å². The van der Waals surface area contributed by atoms with Crippen LogP contribution in [0.4, 0.5) is 0 Å². The lowest BCUT2D eigenvalue weighted by molar-refractivity contribution is -0.131. The van der Waals surface area contributed by atoms with Crippen molar-refractivity contribution < 1.29 is 19.0 Å². The summed E-state index contributed by atoms with van der Waals surface area (Å²) in [7, 11) is 3.11. The summed E-state index contributed by atoms with van der Waals surface area (Å²) in [4.78, 5) is 10.8. The van der Waals surface area contributed by atoms with Crippen molar-refractivity contribution in [1.29, 1.82) is 0 Å². The van der Waals surface area contributed by atoms with E-state index in [2.05, 4.69) is 0 Å². The van der Waals surface area contributed by atoms with Crippen LogP contribution < -0.4 is 14.2 Å². The highest BCUT2D eigenvalue weighted by molar-refractivity contribution is 5.70. The van der Waals surface area contributed by atoms with Crippen LogP contribution in [0.3, 0.4) is 0 Å². The summed E-state index contributed by atoms with van der Waals surface area (Å²) >= 11 is 0. The van der Waals surface area contributed by atoms with E-state index in [4.69, 9.17) is 14.2 Å². The molecular formula is C11H14O4. The van der Waals surface area contributed by atoms with Crippen LogP contribution in [0, 0.1) is 6.92 Å². The Labute approximate surface area is 88.8 Å². The van der Waals surface area contributed by atoms with Crippen molar-refractivity contribution in [1.82, 2.24) is 0 Å². The first-order chi connectivity index (χ1) is 7.08. The minimum atomic E-state index is -0.372. The van der Waals surface area contributed by atoms with E-state index in [9.17, 15) is 4.79 Å². The van der Waals surface area contributed by atoms with E-state index in [-0.39, 0.29) is 5.97 Å². The maximum absolute atomic E-state index is 10.8. The normalized spacial score (nSPS) is 9.60. The highest BCUT2D eigenvalue weighted by atomic mass is 16.5. The molecule has 0 amide bonds. The van der Waals surface area contributed by atoms with Gasteiger partial charge in [0.05, 0.1) is 14.2 Å². The SMILES string of the molecule is COc1cc(OC(C)=O)cc(OC)c1C. The predicted octanol–water partition coefficient (Wildman–Crippen LogP) is 1.94. The minimum absolute atomic E-state index is 0.372. The number of hydrogen-bond acceptors (Lipinski definition) is 4. The monoisotopic (exact) mass is 210 g/mol. The van der Waals surface area contributed by atoms with Crippen molar-refractivity contribution in [3.63, 3.8) is 0 Å². The van der Waals surface area contributed by atoms with Gasteiger partial charge < -0.3 is 14.2 Å². The molecule has 0 unspecified atom stereocenters. The van der Waals surface area contributed by atoms with Crippen molar-refractivity contribution in [2.45, 2.75) is 13.8 Å². The summed E-state index contributed by atoms with van der Waals surface area (Å²) in [6, 6.07) is 3.30. The van der Waals surface area contributed by atoms with Crippen LogP contribution in [-0.2, 0) is 4.79 Å². The van der Waals surface area contributed by atoms with Crippen molar-refractivity contribution in [3.05, 3.63) is 17.7 Å². The predicted molar refractivity (Wildman–Crippen MR) is 55.6 cm³/mol. The highest BCUT2D eigenvalue weighted by Gasteiger charge is 2.10. The molecule has 0 saturated carbocycles. The molecule has 0 N–H and O–H groups in total. The highest BCUT2D eigenvalue weighted by Crippen LogP contribution is 2.33. The number of hydrogen-bond donors (Lipinski definition) is 0. The molecule has 4 nitrogen and oxygen atoms in total. The Morgan fingerprint density at radius 2 is 1.60 bits per heavy atom. The smallest absolute Gasteiger partial charge is 0.308 e. The minimum Gasteiger partial charge on any atom is -0.496 e. The van der Waals surface area contributed by atoms with Gasteiger partial charge in [-0.3, -0.25) is 4.79 Å². The van der Waals surface area contributed by atoms with Crippen molar-refractivity contribution >= 4 is 5.97 Å². The third-order valence-corrected chi connectivity index (χ3v) is 1.99. The van der Waals surface area contributed by atoms with Crippen LogP contribution in [0.15, 0.2) is 12.1 Å². The molecule has 1 aromatic carbocycles. The number of carbonyl (C=O) groups excluding carboxylic acids is 1. The zero-order chi connectivity index (χ0) is 11.4. The van der Waals surface area contributed by atoms with Gasteiger partial charge in [-0.25, -0.2) is 0 Å². The Morgan fingerprint density at radius 1 is 1.13 bits per heavy atom. The maximum atomic E-state index is 10.8. The average molecular weight is 210 g/mol. The second-order valence-electron chi connectivity index (χ2n) is 3.05. The molecule has 0 aromatic heterocycles. The summed E-state index contributed by atoms with van der Waals surface area (Å²) in [6.45, 7) is 3.22. The third-order valence-electron chi connectivity index (χ3n) is 1.99. The lowest BCUT2D eigenvalue weighted by Crippen LogP contribution is -2.02. The number of ether oxygens (including phenoxy) is 3. The van der Waals surface area contributed by atoms with E-state index < -0.39 is 0 Å². The summed E-state index contributed by atoms with van der Waals surface area (Å²) in [6.07, 6.45) is 0. The Morgan fingerprint density at radius 3 is 1.93 bits per heavy atom. The zero-order valence-corrected chi connectivity index (χ0v) is 9.29. The molecule has 0 atom stereocenters. The van der Waals surface area contributed by atoms with Crippen molar-refractivity contribution in [2.75, 3.05) is 14.2 Å². The summed E-state index contributed by atoms with van der Waals surface area (Å²) in [5, 5.41) is 0. The third kappa shape index (κ3) is 2.62. The molecule has 0 saturated heterocycles. The van der Waals surface area contributed by atoms with Crippen LogP contribution in [0.5, 0.6) is 17.2 Å². The van der Waals surface area contributed by atoms with E-state index in [0.717, 1.165) is 5.56 Å². The van der Waals surface area contributed by atoms with Crippen LogP contribution in [-0.4, -0.2) is 20.2 Å². The van der Waals surface area contributed by atoms with Gasteiger partial charge >= 0.3 is 5.97 Å². The van der Waals surface area contributed by atoms with Gasteiger partial charge in [0.25, 0.3) is 0 Å². The molecule has 0 aliphatic rings. The molecule has 15 heavy (non-hydrogen) atoms. The van der Waals surface area contributed by atoms with Gasteiger partial charge in [-0.2, -0.15) is 0 Å². The van der Waals surface area contributed by atoms with E-state index >= 15 is 0 Å². The fraction of sp³-hybridized carbons (Fsp3) is 0.364. The molecule has 0 aliphatic carbocycles. The molecule has 82 valence electrons. The van der Waals surface area contributed by atoms with E-state index in [1.807, 2.05) is 6.92 Å². The Hall–Kier alpha value is -1.71. The van der Waals surface area contributed by atoms with Gasteiger partial charge in [0, 0.05) is 24.6 Å². The molecule has 0 heterocycles. The quantitative estimate of drug-likeness (QED) is 0.565. The largest absolute Gasteiger partial charge is 0.496 e. The number of carbonyl (C=O) groups is 1. The van der Waals surface area contributed by atoms with Gasteiger partial charge in [-0.15, -0.1) is 0 Å². The fourth-order valence-electron chi connectivity index (χ4n) is 1.29. The van der Waals surface area contributed by atoms with Gasteiger partial charge in [0.1, 0.15) is 17.2 Å². The average Bonchev–Trinajstić information content (AvgIpc) is 2.19. The molecule has 0 bridgehead atoms. The Balaban J connectivity index is 3.14. The van der Waals surface area contributed by atoms with Gasteiger partial charge in [0.2, 0.25) is 0 Å². The molecule has 0 fully saturated rings. The Bertz CT molecular complexity index is 346. The number of methoxy groups -OCH3 is 2. The fourth-order valence-corrected chi connectivity index (χ4v) is 1.29. The number of benzene rings is 1. The second-order valence-corrected chi connectivity index (χ2v) is 3.05. The van der Waals surface area contributed by atoms with Gasteiger partial charge in [-0.05, 0) is 6.92 Å². The Kier molecular flexibility index (Phi) is 3.55. The first-order valence-corrected chi connectivity index (χ1v) is 4.49. The molecule has 4 heteroatoms. The van der Waals surface area contributed by atoms with Crippen molar-refractivity contribution in [2.24, 2.45) is 0 Å². The molecular weight excluding hydrogens is 196 g/mol.